The fraction of sp³-hybridized carbons (Fsp3) is 0.417. The molecule has 100 valence electrons. The van der Waals surface area contributed by atoms with Crippen molar-refractivity contribution in [2.75, 3.05) is 24.8 Å². The van der Waals surface area contributed by atoms with Gasteiger partial charge in [0.25, 0.3) is 5.91 Å². The lowest BCUT2D eigenvalue weighted by Gasteiger charge is -2.27. The van der Waals surface area contributed by atoms with Crippen molar-refractivity contribution in [3.8, 4) is 0 Å². The summed E-state index contributed by atoms with van der Waals surface area (Å²) in [6.07, 6.45) is 0. The number of carbonyl (C=O) groups excluding carboxylic acids is 1. The average molecular weight is 255 g/mol. The van der Waals surface area contributed by atoms with Crippen LogP contribution in [0.25, 0.3) is 0 Å². The number of methoxy groups -OCH3 is 1. The van der Waals surface area contributed by atoms with Gasteiger partial charge < -0.3 is 21.5 Å². The van der Waals surface area contributed by atoms with E-state index < -0.39 is 17.3 Å². The number of nitrogens with one attached hydrogen (secondary N) is 1. The number of halogens is 1. The third kappa shape index (κ3) is 3.33. The molecule has 0 aliphatic heterocycles. The zero-order valence-electron chi connectivity index (χ0n) is 10.7. The minimum absolute atomic E-state index is 0.0232. The number of hydrogen-bond acceptors (Lipinski definition) is 4. The van der Waals surface area contributed by atoms with E-state index in [1.54, 1.807) is 7.11 Å². The van der Waals surface area contributed by atoms with E-state index in [0.717, 1.165) is 6.07 Å². The predicted molar refractivity (Wildman–Crippen MR) is 68.9 cm³/mol. The lowest BCUT2D eigenvalue weighted by molar-refractivity contribution is 0.100. The number of rotatable bonds is 5. The molecule has 0 atom stereocenters. The van der Waals surface area contributed by atoms with E-state index in [9.17, 15) is 9.18 Å². The third-order valence-electron chi connectivity index (χ3n) is 2.38. The number of anilines is 2. The van der Waals surface area contributed by atoms with E-state index in [4.69, 9.17) is 16.2 Å². The van der Waals surface area contributed by atoms with E-state index in [1.807, 2.05) is 13.8 Å². The van der Waals surface area contributed by atoms with Crippen LogP contribution in [-0.4, -0.2) is 25.2 Å². The summed E-state index contributed by atoms with van der Waals surface area (Å²) < 4.78 is 18.7. The number of amides is 1. The number of hydrogen-bond donors (Lipinski definition) is 3. The summed E-state index contributed by atoms with van der Waals surface area (Å²) in [5, 5.41) is 2.95. The summed E-state index contributed by atoms with van der Waals surface area (Å²) in [5.74, 6) is -1.23. The van der Waals surface area contributed by atoms with Crippen LogP contribution >= 0.6 is 0 Å². The van der Waals surface area contributed by atoms with Gasteiger partial charge in [-0.15, -0.1) is 0 Å². The SMILES string of the molecule is COCC(C)(C)Nc1cc(C(N)=O)c(N)cc1F. The van der Waals surface area contributed by atoms with Crippen LogP contribution in [0.1, 0.15) is 24.2 Å². The summed E-state index contributed by atoms with van der Waals surface area (Å²) in [5.41, 5.74) is 10.5. The average Bonchev–Trinajstić information content (AvgIpc) is 2.21. The maximum absolute atomic E-state index is 13.7. The molecular formula is C12H18FN3O2. The molecule has 0 radical (unpaired) electrons. The third-order valence-corrected chi connectivity index (χ3v) is 2.38. The molecule has 0 saturated carbocycles. The monoisotopic (exact) mass is 255 g/mol. The highest BCUT2D eigenvalue weighted by atomic mass is 19.1. The largest absolute Gasteiger partial charge is 0.398 e. The molecule has 1 amide bonds. The molecule has 0 unspecified atom stereocenters. The van der Waals surface area contributed by atoms with Gasteiger partial charge in [0, 0.05) is 12.8 Å². The molecule has 0 aliphatic carbocycles. The van der Waals surface area contributed by atoms with Gasteiger partial charge in [-0.1, -0.05) is 0 Å². The molecule has 0 aromatic heterocycles. The highest BCUT2D eigenvalue weighted by Crippen LogP contribution is 2.24. The van der Waals surface area contributed by atoms with Crippen LogP contribution in [0.2, 0.25) is 0 Å². The fourth-order valence-electron chi connectivity index (χ4n) is 1.66. The van der Waals surface area contributed by atoms with Crippen molar-refractivity contribution in [3.63, 3.8) is 0 Å². The van der Waals surface area contributed by atoms with Gasteiger partial charge in [0.05, 0.1) is 23.4 Å². The second-order valence-corrected chi connectivity index (χ2v) is 4.73. The summed E-state index contributed by atoms with van der Waals surface area (Å²) in [7, 11) is 1.55. The maximum atomic E-state index is 13.7. The second-order valence-electron chi connectivity index (χ2n) is 4.73. The Labute approximate surface area is 105 Å². The molecule has 0 bridgehead atoms. The molecule has 0 aliphatic rings. The number of carbonyl (C=O) groups is 1. The molecule has 6 heteroatoms. The zero-order valence-corrected chi connectivity index (χ0v) is 10.7. The van der Waals surface area contributed by atoms with Crippen molar-refractivity contribution >= 4 is 17.3 Å². The van der Waals surface area contributed by atoms with Gasteiger partial charge in [-0.2, -0.15) is 0 Å². The number of benzene rings is 1. The van der Waals surface area contributed by atoms with Gasteiger partial charge in [-0.05, 0) is 26.0 Å². The van der Waals surface area contributed by atoms with Crippen LogP contribution in [0.15, 0.2) is 12.1 Å². The van der Waals surface area contributed by atoms with Crippen LogP contribution < -0.4 is 16.8 Å². The van der Waals surface area contributed by atoms with Crippen molar-refractivity contribution in [1.82, 2.24) is 0 Å². The molecule has 1 rings (SSSR count). The summed E-state index contributed by atoms with van der Waals surface area (Å²) in [4.78, 5) is 11.1. The molecule has 0 fully saturated rings. The quantitative estimate of drug-likeness (QED) is 0.692. The minimum atomic E-state index is -0.694. The van der Waals surface area contributed by atoms with Crippen LogP contribution in [0, 0.1) is 5.82 Å². The highest BCUT2D eigenvalue weighted by molar-refractivity contribution is 5.99. The first-order valence-electron chi connectivity index (χ1n) is 5.43. The Bertz CT molecular complexity index is 461. The van der Waals surface area contributed by atoms with E-state index in [2.05, 4.69) is 5.32 Å². The summed E-state index contributed by atoms with van der Waals surface area (Å²) in [6, 6.07) is 2.38. The Kier molecular flexibility index (Phi) is 4.13. The Morgan fingerprint density at radius 3 is 2.61 bits per heavy atom. The van der Waals surface area contributed by atoms with E-state index in [1.165, 1.54) is 6.07 Å². The fourth-order valence-corrected chi connectivity index (χ4v) is 1.66. The smallest absolute Gasteiger partial charge is 0.250 e. The van der Waals surface area contributed by atoms with E-state index in [0.29, 0.717) is 6.61 Å². The van der Waals surface area contributed by atoms with Gasteiger partial charge >= 0.3 is 0 Å². The molecule has 5 nitrogen and oxygen atoms in total. The van der Waals surface area contributed by atoms with Crippen molar-refractivity contribution in [2.45, 2.75) is 19.4 Å². The first kappa shape index (κ1) is 14.2. The van der Waals surface area contributed by atoms with Gasteiger partial charge in [0.1, 0.15) is 5.82 Å². The molecule has 0 spiro atoms. The van der Waals surface area contributed by atoms with Gasteiger partial charge in [-0.25, -0.2) is 4.39 Å². The molecule has 1 aromatic carbocycles. The first-order valence-corrected chi connectivity index (χ1v) is 5.43. The number of nitrogen functional groups attached to an aromatic ring is 1. The van der Waals surface area contributed by atoms with Gasteiger partial charge in [-0.3, -0.25) is 4.79 Å². The minimum Gasteiger partial charge on any atom is -0.398 e. The zero-order chi connectivity index (χ0) is 13.9. The van der Waals surface area contributed by atoms with E-state index >= 15 is 0 Å². The van der Waals surface area contributed by atoms with Crippen molar-refractivity contribution < 1.29 is 13.9 Å². The second kappa shape index (κ2) is 5.22. The van der Waals surface area contributed by atoms with Crippen LogP contribution in [0.3, 0.4) is 0 Å². The summed E-state index contributed by atoms with van der Waals surface area (Å²) in [6.45, 7) is 4.06. The van der Waals surface area contributed by atoms with Gasteiger partial charge in [0.15, 0.2) is 0 Å². The lowest BCUT2D eigenvalue weighted by Crippen LogP contribution is -2.36. The van der Waals surface area contributed by atoms with Crippen molar-refractivity contribution in [3.05, 3.63) is 23.5 Å². The Morgan fingerprint density at radius 2 is 2.11 bits per heavy atom. The van der Waals surface area contributed by atoms with Crippen molar-refractivity contribution in [1.29, 1.82) is 0 Å². The van der Waals surface area contributed by atoms with Crippen LogP contribution in [-0.2, 0) is 4.74 Å². The normalized spacial score (nSPS) is 11.3. The topological polar surface area (TPSA) is 90.4 Å². The van der Waals surface area contributed by atoms with Crippen LogP contribution in [0.5, 0.6) is 0 Å². The standard InChI is InChI=1S/C12H18FN3O2/c1-12(2,6-18-3)16-10-4-7(11(15)17)9(14)5-8(10)13/h4-5,16H,6,14H2,1-3H3,(H2,15,17). The number of ether oxygens (including phenoxy) is 1. The predicted octanol–water partition coefficient (Wildman–Crippen LogP) is 1.34. The van der Waals surface area contributed by atoms with E-state index in [-0.39, 0.29) is 16.9 Å². The molecule has 5 N–H and O–H groups in total. The molecule has 1 aromatic rings. The van der Waals surface area contributed by atoms with Crippen LogP contribution in [0.4, 0.5) is 15.8 Å². The first-order chi connectivity index (χ1) is 8.26. The lowest BCUT2D eigenvalue weighted by atomic mass is 10.0. The Balaban J connectivity index is 3.09. The number of primary amides is 1. The molecule has 0 heterocycles. The summed E-state index contributed by atoms with van der Waals surface area (Å²) >= 11 is 0. The highest BCUT2D eigenvalue weighted by Gasteiger charge is 2.20. The Hall–Kier alpha value is -1.82. The maximum Gasteiger partial charge on any atom is 0.250 e. The Morgan fingerprint density at radius 1 is 1.50 bits per heavy atom. The molecule has 0 saturated heterocycles. The number of nitrogens with two attached hydrogens (primary N) is 2. The molecule has 18 heavy (non-hydrogen) atoms. The molecular weight excluding hydrogens is 237 g/mol. The van der Waals surface area contributed by atoms with Gasteiger partial charge in [0.2, 0.25) is 0 Å². The van der Waals surface area contributed by atoms with Crippen molar-refractivity contribution in [2.24, 2.45) is 5.73 Å².